The van der Waals surface area contributed by atoms with Gasteiger partial charge in [0, 0.05) is 13.7 Å². The van der Waals surface area contributed by atoms with Gasteiger partial charge >= 0.3 is 6.03 Å². The van der Waals surface area contributed by atoms with Crippen LogP contribution in [-0.2, 0) is 4.74 Å². The molecule has 1 rings (SSSR count). The Morgan fingerprint density at radius 3 is 2.93 bits per heavy atom. The monoisotopic (exact) mass is 202 g/mol. The van der Waals surface area contributed by atoms with Crippen LogP contribution in [0.1, 0.15) is 19.3 Å². The molecule has 14 heavy (non-hydrogen) atoms. The van der Waals surface area contributed by atoms with Crippen molar-refractivity contribution >= 4 is 6.03 Å². The average Bonchev–Trinajstić information content (AvgIpc) is 2.52. The summed E-state index contributed by atoms with van der Waals surface area (Å²) in [5.74, 6) is 0. The molecule has 82 valence electrons. The molecule has 0 aromatic carbocycles. The summed E-state index contributed by atoms with van der Waals surface area (Å²) in [4.78, 5) is 11.2. The van der Waals surface area contributed by atoms with Crippen LogP contribution in [0.4, 0.5) is 4.79 Å². The molecular weight excluding hydrogens is 184 g/mol. The Labute approximate surface area is 83.8 Å². The summed E-state index contributed by atoms with van der Waals surface area (Å²) in [5, 5.41) is 14.8. The van der Waals surface area contributed by atoms with Crippen LogP contribution in [0.25, 0.3) is 0 Å². The van der Waals surface area contributed by atoms with Crippen LogP contribution in [0.3, 0.4) is 0 Å². The molecule has 1 saturated carbocycles. The molecule has 3 N–H and O–H groups in total. The van der Waals surface area contributed by atoms with Crippen molar-refractivity contribution in [3.63, 3.8) is 0 Å². The lowest BCUT2D eigenvalue weighted by atomic mass is 10.2. The Morgan fingerprint density at radius 1 is 1.57 bits per heavy atom. The third-order valence-corrected chi connectivity index (χ3v) is 2.39. The topological polar surface area (TPSA) is 70.6 Å². The first-order valence-corrected chi connectivity index (χ1v) is 4.95. The molecule has 0 aromatic heterocycles. The molecule has 2 atom stereocenters. The smallest absolute Gasteiger partial charge is 0.315 e. The van der Waals surface area contributed by atoms with Gasteiger partial charge in [-0.15, -0.1) is 0 Å². The molecule has 0 aromatic rings. The Balaban J connectivity index is 2.13. The fourth-order valence-electron chi connectivity index (χ4n) is 1.59. The van der Waals surface area contributed by atoms with Crippen LogP contribution in [0, 0.1) is 0 Å². The number of hydrogen-bond donors (Lipinski definition) is 3. The summed E-state index contributed by atoms with van der Waals surface area (Å²) < 4.78 is 4.79. The number of carbonyl (C=O) groups excluding carboxylic acids is 1. The molecule has 0 bridgehead atoms. The highest BCUT2D eigenvalue weighted by atomic mass is 16.5. The van der Waals surface area contributed by atoms with Gasteiger partial charge in [-0.05, 0) is 19.3 Å². The summed E-state index contributed by atoms with van der Waals surface area (Å²) in [6, 6.07) is -0.314. The van der Waals surface area contributed by atoms with Crippen LogP contribution >= 0.6 is 0 Å². The van der Waals surface area contributed by atoms with E-state index in [0.717, 1.165) is 19.3 Å². The number of amides is 2. The minimum absolute atomic E-state index is 0.0856. The van der Waals surface area contributed by atoms with E-state index in [9.17, 15) is 9.90 Å². The predicted molar refractivity (Wildman–Crippen MR) is 52.1 cm³/mol. The van der Waals surface area contributed by atoms with Crippen molar-refractivity contribution in [2.75, 3.05) is 20.3 Å². The van der Waals surface area contributed by atoms with E-state index in [4.69, 9.17) is 4.74 Å². The molecule has 0 heterocycles. The molecule has 0 aliphatic heterocycles. The van der Waals surface area contributed by atoms with E-state index in [-0.39, 0.29) is 18.2 Å². The molecule has 0 radical (unpaired) electrons. The lowest BCUT2D eigenvalue weighted by Crippen LogP contribution is -2.46. The molecule has 5 nitrogen and oxygen atoms in total. The number of hydrogen-bond acceptors (Lipinski definition) is 3. The summed E-state index contributed by atoms with van der Waals surface area (Å²) >= 11 is 0. The SMILES string of the molecule is COCCNC(=O)NC1CCCC1O. The first-order chi connectivity index (χ1) is 6.74. The van der Waals surface area contributed by atoms with Crippen LogP contribution in [0.2, 0.25) is 0 Å². The van der Waals surface area contributed by atoms with E-state index in [1.54, 1.807) is 7.11 Å². The Bertz CT molecular complexity index is 187. The number of nitrogens with one attached hydrogen (secondary N) is 2. The molecular formula is C9H18N2O3. The molecule has 1 aliphatic carbocycles. The van der Waals surface area contributed by atoms with Crippen molar-refractivity contribution in [1.29, 1.82) is 0 Å². The van der Waals surface area contributed by atoms with E-state index in [2.05, 4.69) is 10.6 Å². The molecule has 0 spiro atoms. The standard InChI is InChI=1S/C9H18N2O3/c1-14-6-5-10-9(13)11-7-3-2-4-8(7)12/h7-8,12H,2-6H2,1H3,(H2,10,11,13). The summed E-state index contributed by atoms with van der Waals surface area (Å²) in [7, 11) is 1.58. The lowest BCUT2D eigenvalue weighted by Gasteiger charge is -2.16. The van der Waals surface area contributed by atoms with Crippen LogP contribution < -0.4 is 10.6 Å². The van der Waals surface area contributed by atoms with Crippen molar-refractivity contribution in [2.45, 2.75) is 31.4 Å². The number of rotatable bonds is 4. The number of aliphatic hydroxyl groups excluding tert-OH is 1. The minimum atomic E-state index is -0.386. The average molecular weight is 202 g/mol. The van der Waals surface area contributed by atoms with E-state index in [1.165, 1.54) is 0 Å². The first-order valence-electron chi connectivity index (χ1n) is 4.95. The van der Waals surface area contributed by atoms with Crippen LogP contribution in [0.15, 0.2) is 0 Å². The Hall–Kier alpha value is -0.810. The second-order valence-electron chi connectivity index (χ2n) is 3.50. The van der Waals surface area contributed by atoms with Crippen molar-refractivity contribution < 1.29 is 14.6 Å². The van der Waals surface area contributed by atoms with E-state index >= 15 is 0 Å². The highest BCUT2D eigenvalue weighted by Gasteiger charge is 2.26. The number of ether oxygens (including phenoxy) is 1. The summed E-state index contributed by atoms with van der Waals surface area (Å²) in [6.07, 6.45) is 2.23. The van der Waals surface area contributed by atoms with Crippen LogP contribution in [-0.4, -0.2) is 43.5 Å². The maximum Gasteiger partial charge on any atom is 0.315 e. The van der Waals surface area contributed by atoms with Gasteiger partial charge in [0.05, 0.1) is 18.8 Å². The second kappa shape index (κ2) is 5.82. The van der Waals surface area contributed by atoms with Gasteiger partial charge in [-0.1, -0.05) is 0 Å². The number of aliphatic hydroxyl groups is 1. The molecule has 5 heteroatoms. The van der Waals surface area contributed by atoms with Gasteiger partial charge in [-0.25, -0.2) is 4.79 Å². The Kier molecular flexibility index (Phi) is 4.69. The third-order valence-electron chi connectivity index (χ3n) is 2.39. The van der Waals surface area contributed by atoms with E-state index < -0.39 is 0 Å². The van der Waals surface area contributed by atoms with Crippen LogP contribution in [0.5, 0.6) is 0 Å². The van der Waals surface area contributed by atoms with Crippen molar-refractivity contribution in [1.82, 2.24) is 10.6 Å². The zero-order valence-corrected chi connectivity index (χ0v) is 8.45. The van der Waals surface area contributed by atoms with Gasteiger partial charge in [0.15, 0.2) is 0 Å². The van der Waals surface area contributed by atoms with E-state index in [0.29, 0.717) is 13.2 Å². The maximum absolute atomic E-state index is 11.2. The molecule has 2 amide bonds. The molecule has 1 fully saturated rings. The van der Waals surface area contributed by atoms with Crippen molar-refractivity contribution in [2.24, 2.45) is 0 Å². The molecule has 0 saturated heterocycles. The zero-order valence-electron chi connectivity index (χ0n) is 8.45. The molecule has 1 aliphatic rings. The van der Waals surface area contributed by atoms with Gasteiger partial charge in [0.25, 0.3) is 0 Å². The third kappa shape index (κ3) is 3.51. The normalized spacial score (nSPS) is 26.1. The Morgan fingerprint density at radius 2 is 2.36 bits per heavy atom. The van der Waals surface area contributed by atoms with Gasteiger partial charge in [0.2, 0.25) is 0 Å². The van der Waals surface area contributed by atoms with Gasteiger partial charge < -0.3 is 20.5 Å². The summed E-state index contributed by atoms with van der Waals surface area (Å²) in [5.41, 5.74) is 0. The second-order valence-corrected chi connectivity index (χ2v) is 3.50. The quantitative estimate of drug-likeness (QED) is 0.555. The number of urea groups is 1. The van der Waals surface area contributed by atoms with Gasteiger partial charge in [0.1, 0.15) is 0 Å². The first kappa shape index (κ1) is 11.3. The fourth-order valence-corrected chi connectivity index (χ4v) is 1.59. The highest BCUT2D eigenvalue weighted by Crippen LogP contribution is 2.18. The number of methoxy groups -OCH3 is 1. The van der Waals surface area contributed by atoms with Crippen molar-refractivity contribution in [3.05, 3.63) is 0 Å². The largest absolute Gasteiger partial charge is 0.391 e. The highest BCUT2D eigenvalue weighted by molar-refractivity contribution is 5.74. The lowest BCUT2D eigenvalue weighted by molar-refractivity contribution is 0.148. The molecule has 2 unspecified atom stereocenters. The number of carbonyl (C=O) groups is 1. The minimum Gasteiger partial charge on any atom is -0.391 e. The maximum atomic E-state index is 11.2. The fraction of sp³-hybridized carbons (Fsp3) is 0.889. The summed E-state index contributed by atoms with van der Waals surface area (Å²) in [6.45, 7) is 0.992. The van der Waals surface area contributed by atoms with Gasteiger partial charge in [-0.3, -0.25) is 0 Å². The van der Waals surface area contributed by atoms with E-state index in [1.807, 2.05) is 0 Å². The van der Waals surface area contributed by atoms with Crippen molar-refractivity contribution in [3.8, 4) is 0 Å². The zero-order chi connectivity index (χ0) is 10.4. The van der Waals surface area contributed by atoms with Gasteiger partial charge in [-0.2, -0.15) is 0 Å². The predicted octanol–water partition coefficient (Wildman–Crippen LogP) is -0.155.